The molecule has 0 fully saturated rings. The van der Waals surface area contributed by atoms with Gasteiger partial charge in [0.2, 0.25) is 0 Å². The van der Waals surface area contributed by atoms with E-state index in [0.717, 1.165) is 13.0 Å². The summed E-state index contributed by atoms with van der Waals surface area (Å²) in [5.74, 6) is -1.77. The second-order valence-corrected chi connectivity index (χ2v) is 1.80. The molecular weight excluding hydrogens is 145 g/mol. The number of alkyl halides is 3. The van der Waals surface area contributed by atoms with Gasteiger partial charge in [0.25, 0.3) is 5.78 Å². The van der Waals surface area contributed by atoms with Gasteiger partial charge in [-0.2, -0.15) is 13.2 Å². The second kappa shape index (κ2) is 2.86. The topological polar surface area (TPSA) is 17.1 Å². The minimum Gasteiger partial charge on any atom is -0.284 e. The lowest BCUT2D eigenvalue weighted by molar-refractivity contribution is -0.166. The number of Topliss-reactive ketones (excluding diaryl/α,β-unsaturated/α-hetero) is 1. The maximum absolute atomic E-state index is 11.5. The van der Waals surface area contributed by atoms with Gasteiger partial charge in [0.05, 0.1) is 0 Å². The minimum absolute atomic E-state index is 0.271. The van der Waals surface area contributed by atoms with Crippen LogP contribution in [0.4, 0.5) is 13.2 Å². The largest absolute Gasteiger partial charge is 0.454 e. The van der Waals surface area contributed by atoms with Crippen molar-refractivity contribution in [3.05, 3.63) is 11.6 Å². The molecule has 0 heterocycles. The quantitative estimate of drug-likeness (QED) is 0.526. The fraction of sp³-hybridized carbons (Fsp3) is 0.500. The van der Waals surface area contributed by atoms with Crippen molar-refractivity contribution in [1.82, 2.24) is 0 Å². The first-order valence-corrected chi connectivity index (χ1v) is 2.64. The summed E-state index contributed by atoms with van der Waals surface area (Å²) in [4.78, 5) is 10.2. The molecular formula is C6H7F3O. The van der Waals surface area contributed by atoms with Crippen LogP contribution >= 0.6 is 0 Å². The highest BCUT2D eigenvalue weighted by molar-refractivity contribution is 5.98. The van der Waals surface area contributed by atoms with Crippen molar-refractivity contribution >= 4 is 5.78 Å². The standard InChI is InChI=1S/C6H7F3O/c1-3-4(2)5(10)6(7,8)9/h3H,1-2H3/b4-3-. The van der Waals surface area contributed by atoms with Crippen LogP contribution in [0.15, 0.2) is 11.6 Å². The Balaban J connectivity index is 4.39. The molecule has 0 aliphatic heterocycles. The van der Waals surface area contributed by atoms with Crippen LogP contribution in [0.25, 0.3) is 0 Å². The molecule has 0 unspecified atom stereocenters. The lowest BCUT2D eigenvalue weighted by Crippen LogP contribution is -2.23. The Morgan fingerprint density at radius 3 is 1.90 bits per heavy atom. The van der Waals surface area contributed by atoms with Gasteiger partial charge in [-0.25, -0.2) is 0 Å². The van der Waals surface area contributed by atoms with E-state index in [9.17, 15) is 18.0 Å². The fourth-order valence-electron chi connectivity index (χ4n) is 0.355. The van der Waals surface area contributed by atoms with Crippen LogP contribution in [-0.2, 0) is 4.79 Å². The van der Waals surface area contributed by atoms with Gasteiger partial charge in [-0.1, -0.05) is 6.08 Å². The Morgan fingerprint density at radius 1 is 1.40 bits per heavy atom. The Morgan fingerprint density at radius 2 is 1.80 bits per heavy atom. The Hall–Kier alpha value is -0.800. The van der Waals surface area contributed by atoms with Gasteiger partial charge in [0.15, 0.2) is 0 Å². The smallest absolute Gasteiger partial charge is 0.284 e. The van der Waals surface area contributed by atoms with Crippen molar-refractivity contribution in [3.8, 4) is 0 Å². The fourth-order valence-corrected chi connectivity index (χ4v) is 0.355. The van der Waals surface area contributed by atoms with Crippen LogP contribution in [0, 0.1) is 0 Å². The zero-order valence-electron chi connectivity index (χ0n) is 5.62. The summed E-state index contributed by atoms with van der Waals surface area (Å²) < 4.78 is 34.5. The average Bonchev–Trinajstić information content (AvgIpc) is 1.83. The molecule has 0 aromatic heterocycles. The molecule has 58 valence electrons. The first kappa shape index (κ1) is 9.20. The SMILES string of the molecule is C/C=C(/C)C(=O)C(F)(F)F. The van der Waals surface area contributed by atoms with Crippen LogP contribution in [0.1, 0.15) is 13.8 Å². The zero-order chi connectivity index (χ0) is 8.36. The van der Waals surface area contributed by atoms with E-state index in [-0.39, 0.29) is 5.57 Å². The van der Waals surface area contributed by atoms with Crippen LogP contribution in [0.2, 0.25) is 0 Å². The number of hydrogen-bond acceptors (Lipinski definition) is 1. The lowest BCUT2D eigenvalue weighted by atomic mass is 10.2. The number of allylic oxidation sites excluding steroid dienone is 2. The van der Waals surface area contributed by atoms with Gasteiger partial charge in [-0.05, 0) is 19.4 Å². The molecule has 10 heavy (non-hydrogen) atoms. The molecule has 0 spiro atoms. The second-order valence-electron chi connectivity index (χ2n) is 1.80. The van der Waals surface area contributed by atoms with E-state index in [1.165, 1.54) is 6.92 Å². The van der Waals surface area contributed by atoms with Gasteiger partial charge < -0.3 is 0 Å². The number of carbonyl (C=O) groups is 1. The van der Waals surface area contributed by atoms with Crippen molar-refractivity contribution in [2.75, 3.05) is 0 Å². The molecule has 0 rings (SSSR count). The number of rotatable bonds is 1. The van der Waals surface area contributed by atoms with Crippen molar-refractivity contribution in [3.63, 3.8) is 0 Å². The molecule has 0 amide bonds. The molecule has 0 N–H and O–H groups in total. The Kier molecular flexibility index (Phi) is 2.63. The molecule has 0 atom stereocenters. The van der Waals surface area contributed by atoms with Crippen LogP contribution in [0.3, 0.4) is 0 Å². The number of carbonyl (C=O) groups excluding carboxylic acids is 1. The van der Waals surface area contributed by atoms with Gasteiger partial charge in [0.1, 0.15) is 0 Å². The summed E-state index contributed by atoms with van der Waals surface area (Å²) in [5.41, 5.74) is -0.271. The summed E-state index contributed by atoms with van der Waals surface area (Å²) in [6.45, 7) is 2.52. The normalized spacial score (nSPS) is 13.5. The summed E-state index contributed by atoms with van der Waals surface area (Å²) in [6.07, 6.45) is -3.59. The number of ketones is 1. The highest BCUT2D eigenvalue weighted by Gasteiger charge is 2.38. The molecule has 0 saturated carbocycles. The van der Waals surface area contributed by atoms with Crippen LogP contribution in [0.5, 0.6) is 0 Å². The van der Waals surface area contributed by atoms with E-state index >= 15 is 0 Å². The van der Waals surface area contributed by atoms with Crippen molar-refractivity contribution in [2.45, 2.75) is 20.0 Å². The third-order valence-corrected chi connectivity index (χ3v) is 1.05. The van der Waals surface area contributed by atoms with E-state index in [1.54, 1.807) is 0 Å². The van der Waals surface area contributed by atoms with E-state index in [0.29, 0.717) is 0 Å². The van der Waals surface area contributed by atoms with Crippen molar-refractivity contribution in [1.29, 1.82) is 0 Å². The minimum atomic E-state index is -4.73. The van der Waals surface area contributed by atoms with Crippen molar-refractivity contribution in [2.24, 2.45) is 0 Å². The molecule has 0 saturated heterocycles. The van der Waals surface area contributed by atoms with Crippen molar-refractivity contribution < 1.29 is 18.0 Å². The molecule has 1 nitrogen and oxygen atoms in total. The van der Waals surface area contributed by atoms with E-state index in [4.69, 9.17) is 0 Å². The zero-order valence-corrected chi connectivity index (χ0v) is 5.62. The lowest BCUT2D eigenvalue weighted by Gasteiger charge is -2.02. The van der Waals surface area contributed by atoms with Gasteiger partial charge in [-0.3, -0.25) is 4.79 Å². The highest BCUT2D eigenvalue weighted by atomic mass is 19.4. The number of hydrogen-bond donors (Lipinski definition) is 0. The Bertz CT molecular complexity index is 166. The molecule has 0 aliphatic carbocycles. The van der Waals surface area contributed by atoms with Crippen LogP contribution < -0.4 is 0 Å². The predicted molar refractivity (Wildman–Crippen MR) is 30.5 cm³/mol. The first-order valence-electron chi connectivity index (χ1n) is 2.64. The third-order valence-electron chi connectivity index (χ3n) is 1.05. The molecule has 0 aliphatic rings. The third kappa shape index (κ3) is 2.21. The van der Waals surface area contributed by atoms with Gasteiger partial charge >= 0.3 is 6.18 Å². The average molecular weight is 152 g/mol. The summed E-state index contributed by atoms with van der Waals surface area (Å²) in [7, 11) is 0. The van der Waals surface area contributed by atoms with E-state index in [2.05, 4.69) is 0 Å². The summed E-state index contributed by atoms with van der Waals surface area (Å²) in [6, 6.07) is 0. The Labute approximate surface area is 56.5 Å². The van der Waals surface area contributed by atoms with E-state index < -0.39 is 12.0 Å². The summed E-state index contributed by atoms with van der Waals surface area (Å²) >= 11 is 0. The van der Waals surface area contributed by atoms with Crippen LogP contribution in [-0.4, -0.2) is 12.0 Å². The highest BCUT2D eigenvalue weighted by Crippen LogP contribution is 2.19. The monoisotopic (exact) mass is 152 g/mol. The van der Waals surface area contributed by atoms with E-state index in [1.807, 2.05) is 0 Å². The maximum atomic E-state index is 11.5. The molecule has 0 bridgehead atoms. The summed E-state index contributed by atoms with van der Waals surface area (Å²) in [5, 5.41) is 0. The molecule has 0 aromatic carbocycles. The maximum Gasteiger partial charge on any atom is 0.454 e. The number of halogens is 3. The molecule has 4 heteroatoms. The predicted octanol–water partition coefficient (Wildman–Crippen LogP) is 2.08. The molecule has 0 aromatic rings. The van der Waals surface area contributed by atoms with Gasteiger partial charge in [-0.15, -0.1) is 0 Å². The molecule has 0 radical (unpaired) electrons. The van der Waals surface area contributed by atoms with Gasteiger partial charge in [0, 0.05) is 0 Å². The first-order chi connectivity index (χ1) is 4.39.